The average molecular weight is 265 g/mol. The normalized spacial score (nSPS) is 18.6. The van der Waals surface area contributed by atoms with Gasteiger partial charge in [0.25, 0.3) is 0 Å². The number of hydrogen-bond donors (Lipinski definition) is 2. The highest BCUT2D eigenvalue weighted by molar-refractivity contribution is 5.68. The zero-order chi connectivity index (χ0) is 14.0. The topological polar surface area (TPSA) is 81.8 Å². The van der Waals surface area contributed by atoms with E-state index in [2.05, 4.69) is 0 Å². The molecule has 2 atom stereocenters. The van der Waals surface area contributed by atoms with Crippen LogP contribution in [0.4, 0.5) is 0 Å². The van der Waals surface area contributed by atoms with Gasteiger partial charge in [0.15, 0.2) is 0 Å². The zero-order valence-electron chi connectivity index (χ0n) is 11.2. The summed E-state index contributed by atoms with van der Waals surface area (Å²) in [7, 11) is 0. The largest absolute Gasteiger partial charge is 0.494 e. The summed E-state index contributed by atoms with van der Waals surface area (Å²) < 4.78 is 11.2. The van der Waals surface area contributed by atoms with E-state index in [1.165, 1.54) is 0 Å². The van der Waals surface area contributed by atoms with Crippen molar-refractivity contribution < 1.29 is 19.4 Å². The van der Waals surface area contributed by atoms with Crippen molar-refractivity contribution in [3.63, 3.8) is 0 Å². The molecule has 0 amide bonds. The minimum absolute atomic E-state index is 0.131. The van der Waals surface area contributed by atoms with Gasteiger partial charge < -0.3 is 20.3 Å². The fourth-order valence-corrected chi connectivity index (χ4v) is 2.32. The van der Waals surface area contributed by atoms with Gasteiger partial charge in [-0.1, -0.05) is 0 Å². The minimum Gasteiger partial charge on any atom is -0.494 e. The van der Waals surface area contributed by atoms with E-state index in [9.17, 15) is 4.79 Å². The van der Waals surface area contributed by atoms with E-state index < -0.39 is 12.0 Å². The SMILES string of the molecule is CCOc1cc2c(cc1C(N)CC(=O)O)OC(C)C2. The lowest BCUT2D eigenvalue weighted by Gasteiger charge is -2.16. The molecule has 2 rings (SSSR count). The van der Waals surface area contributed by atoms with Crippen LogP contribution in [0.15, 0.2) is 12.1 Å². The number of carboxylic acid groups (broad SMARTS) is 1. The molecule has 2 unspecified atom stereocenters. The second-order valence-corrected chi connectivity index (χ2v) is 4.77. The molecule has 5 nitrogen and oxygen atoms in total. The highest BCUT2D eigenvalue weighted by atomic mass is 16.5. The summed E-state index contributed by atoms with van der Waals surface area (Å²) in [6, 6.07) is 3.14. The lowest BCUT2D eigenvalue weighted by atomic mass is 10.00. The average Bonchev–Trinajstić information content (AvgIpc) is 2.66. The van der Waals surface area contributed by atoms with Crippen LogP contribution in [0, 0.1) is 0 Å². The molecule has 1 aliphatic heterocycles. The van der Waals surface area contributed by atoms with E-state index in [1.807, 2.05) is 26.0 Å². The molecular formula is C14H19NO4. The second kappa shape index (κ2) is 5.48. The number of benzene rings is 1. The third-order valence-electron chi connectivity index (χ3n) is 3.12. The summed E-state index contributed by atoms with van der Waals surface area (Å²) in [5.74, 6) is 0.518. The van der Waals surface area contributed by atoms with E-state index in [0.29, 0.717) is 17.9 Å². The molecule has 0 spiro atoms. The molecule has 1 aliphatic rings. The molecule has 0 radical (unpaired) electrons. The van der Waals surface area contributed by atoms with Crippen LogP contribution in [0.3, 0.4) is 0 Å². The van der Waals surface area contributed by atoms with Crippen molar-refractivity contribution >= 4 is 5.97 Å². The molecule has 1 aromatic rings. The van der Waals surface area contributed by atoms with Crippen LogP contribution in [0.25, 0.3) is 0 Å². The first-order valence-corrected chi connectivity index (χ1v) is 6.45. The standard InChI is InChI=1S/C14H19NO4/c1-3-18-13-5-9-4-8(2)19-12(9)6-10(13)11(15)7-14(16)17/h5-6,8,11H,3-4,7,15H2,1-2H3,(H,16,17). The Labute approximate surface area is 112 Å². The number of fused-ring (bicyclic) bond motifs is 1. The molecule has 0 saturated carbocycles. The molecule has 1 heterocycles. The number of aliphatic carboxylic acids is 1. The maximum Gasteiger partial charge on any atom is 0.305 e. The zero-order valence-corrected chi connectivity index (χ0v) is 11.2. The van der Waals surface area contributed by atoms with Crippen molar-refractivity contribution in [2.75, 3.05) is 6.61 Å². The monoisotopic (exact) mass is 265 g/mol. The Morgan fingerprint density at radius 2 is 2.37 bits per heavy atom. The van der Waals surface area contributed by atoms with Crippen LogP contribution in [0.1, 0.15) is 37.4 Å². The highest BCUT2D eigenvalue weighted by Gasteiger charge is 2.24. The van der Waals surface area contributed by atoms with E-state index in [4.69, 9.17) is 20.3 Å². The third-order valence-corrected chi connectivity index (χ3v) is 3.12. The van der Waals surface area contributed by atoms with Gasteiger partial charge in [0, 0.05) is 23.6 Å². The summed E-state index contributed by atoms with van der Waals surface area (Å²) in [5.41, 5.74) is 7.72. The third kappa shape index (κ3) is 2.98. The van der Waals surface area contributed by atoms with Crippen molar-refractivity contribution in [1.29, 1.82) is 0 Å². The van der Waals surface area contributed by atoms with E-state index in [-0.39, 0.29) is 12.5 Å². The summed E-state index contributed by atoms with van der Waals surface area (Å²) in [4.78, 5) is 10.8. The first kappa shape index (κ1) is 13.7. The summed E-state index contributed by atoms with van der Waals surface area (Å²) in [6.45, 7) is 4.40. The van der Waals surface area contributed by atoms with Gasteiger partial charge in [-0.3, -0.25) is 4.79 Å². The lowest BCUT2D eigenvalue weighted by Crippen LogP contribution is -2.16. The maximum atomic E-state index is 10.8. The number of carboxylic acids is 1. The Morgan fingerprint density at radius 1 is 1.63 bits per heavy atom. The number of rotatable bonds is 5. The molecule has 19 heavy (non-hydrogen) atoms. The van der Waals surface area contributed by atoms with Crippen LogP contribution in [-0.4, -0.2) is 23.8 Å². The Hall–Kier alpha value is -1.75. The fourth-order valence-electron chi connectivity index (χ4n) is 2.32. The van der Waals surface area contributed by atoms with Crippen molar-refractivity contribution in [3.05, 3.63) is 23.3 Å². The molecule has 0 aromatic heterocycles. The number of carbonyl (C=O) groups is 1. The smallest absolute Gasteiger partial charge is 0.305 e. The first-order chi connectivity index (χ1) is 9.01. The van der Waals surface area contributed by atoms with Crippen LogP contribution in [-0.2, 0) is 11.2 Å². The van der Waals surface area contributed by atoms with Crippen molar-refractivity contribution in [1.82, 2.24) is 0 Å². The van der Waals surface area contributed by atoms with Gasteiger partial charge >= 0.3 is 5.97 Å². The predicted octanol–water partition coefficient (Wildman–Crippen LogP) is 1.88. The molecule has 0 fully saturated rings. The molecule has 0 aliphatic carbocycles. The molecular weight excluding hydrogens is 246 g/mol. The Bertz CT molecular complexity index is 487. The van der Waals surface area contributed by atoms with Gasteiger partial charge in [0.1, 0.15) is 17.6 Å². The van der Waals surface area contributed by atoms with E-state index in [1.54, 1.807) is 0 Å². The van der Waals surface area contributed by atoms with Gasteiger partial charge in [-0.15, -0.1) is 0 Å². The molecule has 0 saturated heterocycles. The minimum atomic E-state index is -0.926. The Morgan fingerprint density at radius 3 is 3.00 bits per heavy atom. The maximum absolute atomic E-state index is 10.8. The lowest BCUT2D eigenvalue weighted by molar-refractivity contribution is -0.137. The predicted molar refractivity (Wildman–Crippen MR) is 70.6 cm³/mol. The van der Waals surface area contributed by atoms with Crippen LogP contribution in [0.2, 0.25) is 0 Å². The molecule has 5 heteroatoms. The molecule has 104 valence electrons. The van der Waals surface area contributed by atoms with E-state index >= 15 is 0 Å². The second-order valence-electron chi connectivity index (χ2n) is 4.77. The van der Waals surface area contributed by atoms with Gasteiger partial charge in [0.2, 0.25) is 0 Å². The number of ether oxygens (including phenoxy) is 2. The van der Waals surface area contributed by atoms with Crippen LogP contribution >= 0.6 is 0 Å². The molecule has 1 aromatic carbocycles. The fraction of sp³-hybridized carbons (Fsp3) is 0.500. The Balaban J connectivity index is 2.35. The van der Waals surface area contributed by atoms with Gasteiger partial charge in [-0.05, 0) is 26.0 Å². The molecule has 3 N–H and O–H groups in total. The van der Waals surface area contributed by atoms with Crippen molar-refractivity contribution in [3.8, 4) is 11.5 Å². The number of nitrogens with two attached hydrogens (primary N) is 1. The highest BCUT2D eigenvalue weighted by Crippen LogP contribution is 2.37. The summed E-state index contributed by atoms with van der Waals surface area (Å²) >= 11 is 0. The van der Waals surface area contributed by atoms with Crippen LogP contribution in [0.5, 0.6) is 11.5 Å². The first-order valence-electron chi connectivity index (χ1n) is 6.45. The summed E-state index contributed by atoms with van der Waals surface area (Å²) in [6.07, 6.45) is 0.841. The van der Waals surface area contributed by atoms with E-state index in [0.717, 1.165) is 17.7 Å². The number of hydrogen-bond acceptors (Lipinski definition) is 4. The van der Waals surface area contributed by atoms with Crippen molar-refractivity contribution in [2.24, 2.45) is 5.73 Å². The van der Waals surface area contributed by atoms with Crippen molar-refractivity contribution in [2.45, 2.75) is 38.8 Å². The van der Waals surface area contributed by atoms with Gasteiger partial charge in [-0.25, -0.2) is 0 Å². The van der Waals surface area contributed by atoms with Gasteiger partial charge in [-0.2, -0.15) is 0 Å². The summed E-state index contributed by atoms with van der Waals surface area (Å²) in [5, 5.41) is 8.85. The van der Waals surface area contributed by atoms with Gasteiger partial charge in [0.05, 0.1) is 13.0 Å². The van der Waals surface area contributed by atoms with Crippen LogP contribution < -0.4 is 15.2 Å². The molecule has 0 bridgehead atoms. The Kier molecular flexibility index (Phi) is 3.95. The quantitative estimate of drug-likeness (QED) is 0.849.